The first-order valence-electron chi connectivity index (χ1n) is 7.56. The fraction of sp³-hybridized carbons (Fsp3) is 0.588. The van der Waals surface area contributed by atoms with Crippen LogP contribution in [-0.2, 0) is 4.79 Å². The van der Waals surface area contributed by atoms with Gasteiger partial charge in [0.05, 0.1) is 5.60 Å². The summed E-state index contributed by atoms with van der Waals surface area (Å²) in [6.45, 7) is 4.40. The molecule has 0 unspecified atom stereocenters. The molecule has 2 rings (SSSR count). The summed E-state index contributed by atoms with van der Waals surface area (Å²) in [4.78, 5) is 13.7. The molecule has 0 heterocycles. The summed E-state index contributed by atoms with van der Waals surface area (Å²) in [5, 5.41) is 10.3. The number of benzene rings is 1. The molecule has 1 fully saturated rings. The minimum atomic E-state index is -0.704. The molecule has 0 spiro atoms. The van der Waals surface area contributed by atoms with Crippen LogP contribution >= 0.6 is 0 Å². The van der Waals surface area contributed by atoms with Crippen LogP contribution in [0.1, 0.15) is 36.8 Å². The number of nitrogens with zero attached hydrogens (tertiary/aromatic N) is 1. The summed E-state index contributed by atoms with van der Waals surface area (Å²) < 4.78 is 5.60. The van der Waals surface area contributed by atoms with Crippen molar-refractivity contribution < 1.29 is 14.6 Å². The van der Waals surface area contributed by atoms with Gasteiger partial charge in [0, 0.05) is 13.6 Å². The van der Waals surface area contributed by atoms with E-state index >= 15 is 0 Å². The van der Waals surface area contributed by atoms with E-state index in [1.54, 1.807) is 11.9 Å². The van der Waals surface area contributed by atoms with Crippen LogP contribution in [0.5, 0.6) is 5.75 Å². The van der Waals surface area contributed by atoms with E-state index in [0.717, 1.165) is 37.0 Å². The zero-order valence-corrected chi connectivity index (χ0v) is 13.2. The van der Waals surface area contributed by atoms with E-state index in [-0.39, 0.29) is 12.5 Å². The Labute approximate surface area is 126 Å². The Bertz CT molecular complexity index is 507. The van der Waals surface area contributed by atoms with E-state index < -0.39 is 5.60 Å². The summed E-state index contributed by atoms with van der Waals surface area (Å²) in [7, 11) is 1.73. The van der Waals surface area contributed by atoms with Gasteiger partial charge in [-0.25, -0.2) is 0 Å². The molecule has 1 aromatic carbocycles. The second-order valence-electron chi connectivity index (χ2n) is 6.24. The van der Waals surface area contributed by atoms with E-state index in [4.69, 9.17) is 4.74 Å². The highest BCUT2D eigenvalue weighted by atomic mass is 16.5. The molecular weight excluding hydrogens is 266 g/mol. The Morgan fingerprint density at radius 1 is 1.33 bits per heavy atom. The summed E-state index contributed by atoms with van der Waals surface area (Å²) in [6, 6.07) is 5.89. The second-order valence-corrected chi connectivity index (χ2v) is 6.24. The number of hydrogen-bond acceptors (Lipinski definition) is 3. The predicted octanol–water partition coefficient (Wildman–Crippen LogP) is 2.45. The number of amides is 1. The molecule has 0 bridgehead atoms. The average Bonchev–Trinajstić information content (AvgIpc) is 2.83. The van der Waals surface area contributed by atoms with Crippen molar-refractivity contribution in [2.45, 2.75) is 45.1 Å². The molecular formula is C17H25NO3. The molecule has 0 radical (unpaired) electrons. The first kappa shape index (κ1) is 15.8. The third-order valence-electron chi connectivity index (χ3n) is 4.17. The lowest BCUT2D eigenvalue weighted by Crippen LogP contribution is -2.43. The van der Waals surface area contributed by atoms with E-state index in [2.05, 4.69) is 0 Å². The molecule has 116 valence electrons. The zero-order chi connectivity index (χ0) is 15.5. The number of carbonyl (C=O) groups is 1. The number of hydrogen-bond donors (Lipinski definition) is 1. The van der Waals surface area contributed by atoms with Crippen molar-refractivity contribution in [2.75, 3.05) is 20.2 Å². The van der Waals surface area contributed by atoms with Gasteiger partial charge in [0.15, 0.2) is 6.61 Å². The Balaban J connectivity index is 1.86. The lowest BCUT2D eigenvalue weighted by molar-refractivity contribution is -0.135. The van der Waals surface area contributed by atoms with Gasteiger partial charge in [-0.3, -0.25) is 4.79 Å². The van der Waals surface area contributed by atoms with Crippen molar-refractivity contribution in [1.29, 1.82) is 0 Å². The van der Waals surface area contributed by atoms with Crippen LogP contribution in [0.2, 0.25) is 0 Å². The van der Waals surface area contributed by atoms with Gasteiger partial charge in [-0.2, -0.15) is 0 Å². The van der Waals surface area contributed by atoms with Gasteiger partial charge >= 0.3 is 0 Å². The van der Waals surface area contributed by atoms with Crippen molar-refractivity contribution in [2.24, 2.45) is 0 Å². The molecule has 21 heavy (non-hydrogen) atoms. The molecule has 0 aromatic heterocycles. The number of ether oxygens (including phenoxy) is 1. The van der Waals surface area contributed by atoms with Crippen molar-refractivity contribution in [3.63, 3.8) is 0 Å². The Kier molecular flexibility index (Phi) is 4.88. The molecule has 4 heteroatoms. The maximum absolute atomic E-state index is 12.1. The third kappa shape index (κ3) is 4.21. The van der Waals surface area contributed by atoms with Crippen molar-refractivity contribution in [1.82, 2.24) is 4.90 Å². The molecule has 1 N–H and O–H groups in total. The van der Waals surface area contributed by atoms with Gasteiger partial charge in [0.25, 0.3) is 5.91 Å². The lowest BCUT2D eigenvalue weighted by Gasteiger charge is -2.28. The minimum absolute atomic E-state index is 0.0104. The van der Waals surface area contributed by atoms with Crippen molar-refractivity contribution in [3.05, 3.63) is 29.3 Å². The molecule has 1 aromatic rings. The summed E-state index contributed by atoms with van der Waals surface area (Å²) >= 11 is 0. The van der Waals surface area contributed by atoms with Crippen LogP contribution < -0.4 is 4.74 Å². The van der Waals surface area contributed by atoms with Gasteiger partial charge in [0.2, 0.25) is 0 Å². The first-order valence-corrected chi connectivity index (χ1v) is 7.56. The quantitative estimate of drug-likeness (QED) is 0.906. The van der Waals surface area contributed by atoms with Gasteiger partial charge in [-0.05, 0) is 38.3 Å². The Morgan fingerprint density at radius 2 is 2.00 bits per heavy atom. The Hall–Kier alpha value is -1.55. The number of carbonyl (C=O) groups excluding carboxylic acids is 1. The summed E-state index contributed by atoms with van der Waals surface area (Å²) in [6.07, 6.45) is 3.64. The molecule has 0 aliphatic heterocycles. The monoisotopic (exact) mass is 291 g/mol. The molecule has 1 saturated carbocycles. The predicted molar refractivity (Wildman–Crippen MR) is 82.5 cm³/mol. The van der Waals surface area contributed by atoms with E-state index in [1.165, 1.54) is 5.56 Å². The molecule has 0 atom stereocenters. The van der Waals surface area contributed by atoms with Crippen LogP contribution in [0.25, 0.3) is 0 Å². The molecule has 4 nitrogen and oxygen atoms in total. The van der Waals surface area contributed by atoms with Crippen LogP contribution in [-0.4, -0.2) is 41.7 Å². The maximum atomic E-state index is 12.1. The molecule has 1 aliphatic carbocycles. The number of aliphatic hydroxyl groups is 1. The maximum Gasteiger partial charge on any atom is 0.260 e. The highest BCUT2D eigenvalue weighted by Crippen LogP contribution is 2.30. The summed E-state index contributed by atoms with van der Waals surface area (Å²) in [5.74, 6) is 0.636. The molecule has 0 saturated heterocycles. The van der Waals surface area contributed by atoms with Crippen molar-refractivity contribution >= 4 is 5.91 Å². The van der Waals surface area contributed by atoms with Gasteiger partial charge in [-0.15, -0.1) is 0 Å². The fourth-order valence-electron chi connectivity index (χ4n) is 2.93. The largest absolute Gasteiger partial charge is 0.484 e. The van der Waals surface area contributed by atoms with Crippen LogP contribution in [0.3, 0.4) is 0 Å². The summed E-state index contributed by atoms with van der Waals surface area (Å²) in [5.41, 5.74) is 1.50. The van der Waals surface area contributed by atoms with Crippen LogP contribution in [0, 0.1) is 13.8 Å². The van der Waals surface area contributed by atoms with Crippen LogP contribution in [0.15, 0.2) is 18.2 Å². The first-order chi connectivity index (χ1) is 9.89. The second kappa shape index (κ2) is 6.48. The standard InChI is InChI=1S/C17H25NO3/c1-13-6-7-15(14(2)10-13)21-11-16(19)18(3)12-17(20)8-4-5-9-17/h6-7,10,20H,4-5,8-9,11-12H2,1-3H3. The third-order valence-corrected chi connectivity index (χ3v) is 4.17. The van der Waals surface area contributed by atoms with Crippen LogP contribution in [0.4, 0.5) is 0 Å². The number of rotatable bonds is 5. The SMILES string of the molecule is Cc1ccc(OCC(=O)N(C)CC2(O)CCCC2)c(C)c1. The number of aryl methyl sites for hydroxylation is 2. The topological polar surface area (TPSA) is 49.8 Å². The smallest absolute Gasteiger partial charge is 0.260 e. The fourth-order valence-corrected chi connectivity index (χ4v) is 2.93. The number of likely N-dealkylation sites (N-methyl/N-ethyl adjacent to an activating group) is 1. The van der Waals surface area contributed by atoms with Gasteiger partial charge in [0.1, 0.15) is 5.75 Å². The highest BCUT2D eigenvalue weighted by molar-refractivity contribution is 5.77. The van der Waals surface area contributed by atoms with E-state index in [0.29, 0.717) is 6.54 Å². The van der Waals surface area contributed by atoms with Crippen molar-refractivity contribution in [3.8, 4) is 5.75 Å². The molecule has 1 aliphatic rings. The van der Waals surface area contributed by atoms with Gasteiger partial charge in [-0.1, -0.05) is 30.5 Å². The van der Waals surface area contributed by atoms with Gasteiger partial charge < -0.3 is 14.7 Å². The average molecular weight is 291 g/mol. The van der Waals surface area contributed by atoms with E-state index in [1.807, 2.05) is 32.0 Å². The van der Waals surface area contributed by atoms with E-state index in [9.17, 15) is 9.90 Å². The molecule has 1 amide bonds. The highest BCUT2D eigenvalue weighted by Gasteiger charge is 2.33. The zero-order valence-electron chi connectivity index (χ0n) is 13.2. The Morgan fingerprint density at radius 3 is 2.62 bits per heavy atom. The lowest BCUT2D eigenvalue weighted by atomic mass is 10.0. The normalized spacial score (nSPS) is 16.8. The minimum Gasteiger partial charge on any atom is -0.484 e.